The van der Waals surface area contributed by atoms with Crippen LogP contribution in [0.2, 0.25) is 5.02 Å². The van der Waals surface area contributed by atoms with E-state index in [0.717, 1.165) is 12.3 Å². The Kier molecular flexibility index (Phi) is 4.01. The SMILES string of the molecule is CCC(C)(C)NS(=O)(=O)c1c[nH]c(=O)c(Cl)c1. The molecule has 5 nitrogen and oxygen atoms in total. The number of aromatic nitrogens is 1. The Labute approximate surface area is 105 Å². The molecule has 0 aromatic carbocycles. The Morgan fingerprint density at radius 1 is 1.47 bits per heavy atom. The fourth-order valence-corrected chi connectivity index (χ4v) is 2.80. The van der Waals surface area contributed by atoms with Crippen molar-refractivity contribution < 1.29 is 8.42 Å². The van der Waals surface area contributed by atoms with Gasteiger partial charge in [0.1, 0.15) is 5.02 Å². The van der Waals surface area contributed by atoms with Crippen molar-refractivity contribution in [1.82, 2.24) is 9.71 Å². The molecule has 1 rings (SSSR count). The van der Waals surface area contributed by atoms with Gasteiger partial charge in [0, 0.05) is 11.7 Å². The summed E-state index contributed by atoms with van der Waals surface area (Å²) in [5, 5.41) is -0.151. The minimum absolute atomic E-state index is 0.0522. The van der Waals surface area contributed by atoms with E-state index in [9.17, 15) is 13.2 Å². The lowest BCUT2D eigenvalue weighted by molar-refractivity contribution is 0.439. The molecule has 17 heavy (non-hydrogen) atoms. The standard InChI is InChI=1S/C10H15ClN2O3S/c1-4-10(2,3)13-17(15,16)7-5-8(11)9(14)12-6-7/h5-6,13H,4H2,1-3H3,(H,12,14). The lowest BCUT2D eigenvalue weighted by Gasteiger charge is -2.24. The van der Waals surface area contributed by atoms with E-state index in [0.29, 0.717) is 6.42 Å². The maximum absolute atomic E-state index is 12.0. The van der Waals surface area contributed by atoms with Crippen LogP contribution in [0.5, 0.6) is 0 Å². The summed E-state index contributed by atoms with van der Waals surface area (Å²) in [4.78, 5) is 13.3. The van der Waals surface area contributed by atoms with Crippen LogP contribution in [0.3, 0.4) is 0 Å². The molecule has 0 unspecified atom stereocenters. The molecule has 1 aromatic rings. The van der Waals surface area contributed by atoms with Crippen LogP contribution in [-0.4, -0.2) is 18.9 Å². The molecule has 0 aliphatic carbocycles. The first-order valence-corrected chi connectivity index (χ1v) is 6.96. The molecule has 0 amide bonds. The van der Waals surface area contributed by atoms with Gasteiger partial charge in [0.15, 0.2) is 0 Å². The van der Waals surface area contributed by atoms with Crippen LogP contribution >= 0.6 is 11.6 Å². The molecule has 96 valence electrons. The van der Waals surface area contributed by atoms with E-state index in [1.807, 2.05) is 6.92 Å². The molecule has 0 saturated heterocycles. The van der Waals surface area contributed by atoms with E-state index in [1.54, 1.807) is 13.8 Å². The first kappa shape index (κ1) is 14.2. The maximum atomic E-state index is 12.0. The van der Waals surface area contributed by atoms with E-state index >= 15 is 0 Å². The maximum Gasteiger partial charge on any atom is 0.266 e. The van der Waals surface area contributed by atoms with Gasteiger partial charge in [-0.2, -0.15) is 0 Å². The topological polar surface area (TPSA) is 79.0 Å². The van der Waals surface area contributed by atoms with Gasteiger partial charge < -0.3 is 4.98 Å². The van der Waals surface area contributed by atoms with Crippen molar-refractivity contribution in [3.8, 4) is 0 Å². The molecule has 0 aliphatic rings. The van der Waals surface area contributed by atoms with Crippen molar-refractivity contribution in [2.24, 2.45) is 0 Å². The zero-order valence-electron chi connectivity index (χ0n) is 9.87. The van der Waals surface area contributed by atoms with Crippen LogP contribution in [-0.2, 0) is 10.0 Å². The fraction of sp³-hybridized carbons (Fsp3) is 0.500. The smallest absolute Gasteiger partial charge is 0.266 e. The lowest BCUT2D eigenvalue weighted by Crippen LogP contribution is -2.42. The Balaban J connectivity index is 3.14. The van der Waals surface area contributed by atoms with E-state index in [2.05, 4.69) is 9.71 Å². The summed E-state index contributed by atoms with van der Waals surface area (Å²) >= 11 is 5.59. The van der Waals surface area contributed by atoms with Crippen LogP contribution in [0.15, 0.2) is 22.0 Å². The molecule has 1 heterocycles. The molecule has 0 fully saturated rings. The molecule has 0 aliphatic heterocycles. The molecule has 0 saturated carbocycles. The van der Waals surface area contributed by atoms with Crippen LogP contribution in [0.25, 0.3) is 0 Å². The fourth-order valence-electron chi connectivity index (χ4n) is 1.09. The van der Waals surface area contributed by atoms with Gasteiger partial charge in [-0.1, -0.05) is 18.5 Å². The number of halogens is 1. The van der Waals surface area contributed by atoms with Crippen molar-refractivity contribution in [1.29, 1.82) is 0 Å². The number of hydrogen-bond acceptors (Lipinski definition) is 3. The van der Waals surface area contributed by atoms with Gasteiger partial charge in [-0.3, -0.25) is 4.79 Å². The van der Waals surface area contributed by atoms with Crippen molar-refractivity contribution in [3.05, 3.63) is 27.6 Å². The van der Waals surface area contributed by atoms with E-state index in [1.165, 1.54) is 0 Å². The Morgan fingerprint density at radius 2 is 2.06 bits per heavy atom. The summed E-state index contributed by atoms with van der Waals surface area (Å²) in [6, 6.07) is 1.13. The first-order chi connectivity index (χ1) is 7.68. The molecule has 1 aromatic heterocycles. The van der Waals surface area contributed by atoms with Gasteiger partial charge in [-0.25, -0.2) is 13.1 Å². The van der Waals surface area contributed by atoms with Gasteiger partial charge >= 0.3 is 0 Å². The monoisotopic (exact) mass is 278 g/mol. The average molecular weight is 279 g/mol. The van der Waals surface area contributed by atoms with Crippen LogP contribution in [0.4, 0.5) is 0 Å². The highest BCUT2D eigenvalue weighted by atomic mass is 35.5. The van der Waals surface area contributed by atoms with Crippen LogP contribution in [0.1, 0.15) is 27.2 Å². The first-order valence-electron chi connectivity index (χ1n) is 5.10. The van der Waals surface area contributed by atoms with Gasteiger partial charge in [0.2, 0.25) is 10.0 Å². The summed E-state index contributed by atoms with van der Waals surface area (Å²) in [6.07, 6.45) is 1.77. The zero-order valence-corrected chi connectivity index (χ0v) is 11.4. The van der Waals surface area contributed by atoms with Crippen LogP contribution < -0.4 is 10.3 Å². The van der Waals surface area contributed by atoms with Crippen molar-refractivity contribution in [2.75, 3.05) is 0 Å². The number of hydrogen-bond donors (Lipinski definition) is 2. The highest BCUT2D eigenvalue weighted by Crippen LogP contribution is 2.15. The number of pyridine rings is 1. The lowest BCUT2D eigenvalue weighted by atomic mass is 10.0. The highest BCUT2D eigenvalue weighted by Gasteiger charge is 2.25. The third kappa shape index (κ3) is 3.55. The third-order valence-corrected chi connectivity index (χ3v) is 4.39. The summed E-state index contributed by atoms with van der Waals surface area (Å²) < 4.78 is 26.5. The molecule has 0 atom stereocenters. The van der Waals surface area contributed by atoms with Gasteiger partial charge in [0.25, 0.3) is 5.56 Å². The largest absolute Gasteiger partial charge is 0.326 e. The second-order valence-corrected chi connectivity index (χ2v) is 6.44. The summed E-state index contributed by atoms with van der Waals surface area (Å²) in [6.45, 7) is 5.43. The summed E-state index contributed by atoms with van der Waals surface area (Å²) in [5.74, 6) is 0. The van der Waals surface area contributed by atoms with E-state index in [4.69, 9.17) is 11.6 Å². The average Bonchev–Trinajstić information content (AvgIpc) is 2.20. The molecule has 0 radical (unpaired) electrons. The number of sulfonamides is 1. The second-order valence-electron chi connectivity index (χ2n) is 4.36. The summed E-state index contributed by atoms with van der Waals surface area (Å²) in [7, 11) is -3.67. The predicted octanol–water partition coefficient (Wildman–Crippen LogP) is 1.50. The Hall–Kier alpha value is -0.850. The Bertz CT molecular complexity index is 563. The van der Waals surface area contributed by atoms with E-state index < -0.39 is 21.1 Å². The highest BCUT2D eigenvalue weighted by molar-refractivity contribution is 7.89. The number of nitrogens with one attached hydrogen (secondary N) is 2. The number of aromatic amines is 1. The van der Waals surface area contributed by atoms with Gasteiger partial charge in [-0.15, -0.1) is 0 Å². The molecular weight excluding hydrogens is 264 g/mol. The molecule has 0 spiro atoms. The quantitative estimate of drug-likeness (QED) is 0.876. The van der Waals surface area contributed by atoms with Gasteiger partial charge in [-0.05, 0) is 26.3 Å². The minimum Gasteiger partial charge on any atom is -0.326 e. The zero-order chi connectivity index (χ0) is 13.3. The Morgan fingerprint density at radius 3 is 2.53 bits per heavy atom. The van der Waals surface area contributed by atoms with E-state index in [-0.39, 0.29) is 9.92 Å². The molecular formula is C10H15ClN2O3S. The molecule has 2 N–H and O–H groups in total. The number of H-pyrrole nitrogens is 1. The molecule has 0 bridgehead atoms. The van der Waals surface area contributed by atoms with Crippen molar-refractivity contribution in [3.63, 3.8) is 0 Å². The minimum atomic E-state index is -3.67. The number of rotatable bonds is 4. The second kappa shape index (κ2) is 4.80. The van der Waals surface area contributed by atoms with Gasteiger partial charge in [0.05, 0.1) is 4.90 Å². The predicted molar refractivity (Wildman–Crippen MR) is 66.8 cm³/mol. The molecule has 7 heteroatoms. The van der Waals surface area contributed by atoms with Crippen molar-refractivity contribution >= 4 is 21.6 Å². The normalized spacial score (nSPS) is 12.7. The third-order valence-electron chi connectivity index (χ3n) is 2.44. The van der Waals surface area contributed by atoms with Crippen molar-refractivity contribution in [2.45, 2.75) is 37.6 Å². The summed E-state index contributed by atoms with van der Waals surface area (Å²) in [5.41, 5.74) is -1.07. The van der Waals surface area contributed by atoms with Crippen LogP contribution in [0, 0.1) is 0 Å².